The lowest BCUT2D eigenvalue weighted by molar-refractivity contribution is -0.120. The Labute approximate surface area is 171 Å². The number of hydrogen-bond acceptors (Lipinski definition) is 6. The van der Waals surface area contributed by atoms with E-state index in [4.69, 9.17) is 15.2 Å². The summed E-state index contributed by atoms with van der Waals surface area (Å²) in [4.78, 5) is 34.8. The second-order valence-corrected chi connectivity index (χ2v) is 7.47. The van der Waals surface area contributed by atoms with E-state index in [1.165, 1.54) is 0 Å². The lowest BCUT2D eigenvalue weighted by Gasteiger charge is -2.20. The molecular weight excluding hydrogens is 376 g/mol. The molecule has 9 heteroatoms. The maximum atomic E-state index is 11.6. The van der Waals surface area contributed by atoms with Gasteiger partial charge in [-0.3, -0.25) is 4.79 Å². The molecule has 0 saturated carbocycles. The third kappa shape index (κ3) is 12.3. The average molecular weight is 408 g/mol. The Morgan fingerprint density at radius 1 is 1.00 bits per heavy atom. The van der Waals surface area contributed by atoms with Crippen LogP contribution in [-0.4, -0.2) is 49.4 Å². The average Bonchev–Trinajstić information content (AvgIpc) is 2.63. The summed E-state index contributed by atoms with van der Waals surface area (Å²) in [6.07, 6.45) is -0.119. The van der Waals surface area contributed by atoms with Gasteiger partial charge in [-0.1, -0.05) is 30.3 Å². The molecule has 0 aliphatic carbocycles. The highest BCUT2D eigenvalue weighted by Gasteiger charge is 2.18. The molecule has 0 aromatic heterocycles. The molecule has 1 aromatic carbocycles. The van der Waals surface area contributed by atoms with E-state index < -0.39 is 29.7 Å². The zero-order valence-corrected chi connectivity index (χ0v) is 17.3. The first kappa shape index (κ1) is 24.2. The van der Waals surface area contributed by atoms with Gasteiger partial charge < -0.3 is 31.2 Å². The van der Waals surface area contributed by atoms with Gasteiger partial charge in [0.2, 0.25) is 5.91 Å². The fraction of sp³-hybridized carbons (Fsp3) is 0.550. The van der Waals surface area contributed by atoms with Crippen LogP contribution in [0, 0.1) is 0 Å². The summed E-state index contributed by atoms with van der Waals surface area (Å²) in [6, 6.07) is 8.80. The number of primary amides is 1. The third-order valence-corrected chi connectivity index (χ3v) is 3.67. The van der Waals surface area contributed by atoms with Gasteiger partial charge in [-0.25, -0.2) is 9.59 Å². The van der Waals surface area contributed by atoms with Crippen LogP contribution in [0.3, 0.4) is 0 Å². The molecule has 1 atom stereocenters. The van der Waals surface area contributed by atoms with E-state index in [0.717, 1.165) is 5.56 Å². The molecule has 1 aromatic rings. The van der Waals surface area contributed by atoms with E-state index in [9.17, 15) is 14.4 Å². The monoisotopic (exact) mass is 408 g/mol. The van der Waals surface area contributed by atoms with Gasteiger partial charge in [0.05, 0.1) is 6.04 Å². The minimum atomic E-state index is -0.588. The molecule has 9 nitrogen and oxygen atoms in total. The van der Waals surface area contributed by atoms with Gasteiger partial charge in [-0.2, -0.15) is 0 Å². The molecule has 0 fully saturated rings. The number of ether oxygens (including phenoxy) is 2. The first-order valence-corrected chi connectivity index (χ1v) is 9.61. The fourth-order valence-electron chi connectivity index (χ4n) is 2.31. The van der Waals surface area contributed by atoms with Crippen molar-refractivity contribution in [2.75, 3.05) is 19.6 Å². The second kappa shape index (κ2) is 12.6. The third-order valence-electron chi connectivity index (χ3n) is 3.67. The van der Waals surface area contributed by atoms with Crippen molar-refractivity contribution in [3.8, 4) is 0 Å². The van der Waals surface area contributed by atoms with Gasteiger partial charge in [-0.05, 0) is 45.7 Å². The summed E-state index contributed by atoms with van der Waals surface area (Å²) in [5.41, 5.74) is 5.71. The summed E-state index contributed by atoms with van der Waals surface area (Å²) in [5, 5.41) is 8.24. The summed E-state index contributed by atoms with van der Waals surface area (Å²) in [6.45, 7) is 6.63. The minimum absolute atomic E-state index is 0.208. The quantitative estimate of drug-likeness (QED) is 0.412. The number of rotatable bonds is 11. The first-order chi connectivity index (χ1) is 13.7. The normalized spacial score (nSPS) is 12.0. The van der Waals surface area contributed by atoms with Gasteiger partial charge in [0.1, 0.15) is 12.2 Å². The highest BCUT2D eigenvalue weighted by molar-refractivity contribution is 5.79. The summed E-state index contributed by atoms with van der Waals surface area (Å²) in [5.74, 6) is -0.508. The smallest absolute Gasteiger partial charge is 0.407 e. The molecule has 0 heterocycles. The van der Waals surface area contributed by atoms with Crippen molar-refractivity contribution >= 4 is 18.1 Å². The van der Waals surface area contributed by atoms with Gasteiger partial charge in [0, 0.05) is 13.1 Å². The second-order valence-electron chi connectivity index (χ2n) is 7.47. The zero-order chi connectivity index (χ0) is 21.7. The number of carbonyl (C=O) groups excluding carboxylic acids is 3. The van der Waals surface area contributed by atoms with E-state index in [0.29, 0.717) is 25.9 Å². The Balaban J connectivity index is 2.15. The van der Waals surface area contributed by atoms with Crippen LogP contribution >= 0.6 is 0 Å². The molecule has 0 aliphatic heterocycles. The number of alkyl carbamates (subject to hydrolysis) is 2. The Morgan fingerprint density at radius 2 is 1.66 bits per heavy atom. The van der Waals surface area contributed by atoms with Crippen molar-refractivity contribution < 1.29 is 23.9 Å². The molecule has 0 spiro atoms. The SMILES string of the molecule is CC(C)(C)OC(=O)NCCC(NCCCNC(=O)OCc1ccccc1)C(N)=O. The van der Waals surface area contributed by atoms with Gasteiger partial charge >= 0.3 is 12.2 Å². The lowest BCUT2D eigenvalue weighted by Crippen LogP contribution is -2.44. The van der Waals surface area contributed by atoms with E-state index in [1.807, 2.05) is 30.3 Å². The van der Waals surface area contributed by atoms with Crippen molar-refractivity contribution in [1.82, 2.24) is 16.0 Å². The van der Waals surface area contributed by atoms with Crippen LogP contribution in [0.15, 0.2) is 30.3 Å². The van der Waals surface area contributed by atoms with Crippen LogP contribution in [-0.2, 0) is 20.9 Å². The Morgan fingerprint density at radius 3 is 2.28 bits per heavy atom. The molecule has 0 aliphatic rings. The highest BCUT2D eigenvalue weighted by Crippen LogP contribution is 2.06. The van der Waals surface area contributed by atoms with Gasteiger partial charge in [0.25, 0.3) is 0 Å². The molecular formula is C20H32N4O5. The molecule has 0 radical (unpaired) electrons. The minimum Gasteiger partial charge on any atom is -0.445 e. The van der Waals surface area contributed by atoms with Crippen LogP contribution in [0.1, 0.15) is 39.2 Å². The Kier molecular flexibility index (Phi) is 10.5. The van der Waals surface area contributed by atoms with Crippen LogP contribution in [0.2, 0.25) is 0 Å². The van der Waals surface area contributed by atoms with Crippen LogP contribution < -0.4 is 21.7 Å². The van der Waals surface area contributed by atoms with E-state index in [1.54, 1.807) is 20.8 Å². The maximum absolute atomic E-state index is 11.6. The van der Waals surface area contributed by atoms with Gasteiger partial charge in [0.15, 0.2) is 0 Å². The van der Waals surface area contributed by atoms with Crippen LogP contribution in [0.25, 0.3) is 0 Å². The Hall–Kier alpha value is -2.81. The van der Waals surface area contributed by atoms with Crippen LogP contribution in [0.4, 0.5) is 9.59 Å². The number of hydrogen-bond donors (Lipinski definition) is 4. The van der Waals surface area contributed by atoms with Crippen molar-refractivity contribution in [2.45, 2.75) is 51.9 Å². The fourth-order valence-corrected chi connectivity index (χ4v) is 2.31. The van der Waals surface area contributed by atoms with Crippen LogP contribution in [0.5, 0.6) is 0 Å². The summed E-state index contributed by atoms with van der Waals surface area (Å²) in [7, 11) is 0. The molecule has 0 saturated heterocycles. The van der Waals surface area contributed by atoms with Gasteiger partial charge in [-0.15, -0.1) is 0 Å². The number of amides is 3. The number of nitrogens with two attached hydrogens (primary N) is 1. The van der Waals surface area contributed by atoms with Crippen molar-refractivity contribution in [2.24, 2.45) is 5.73 Å². The lowest BCUT2D eigenvalue weighted by atomic mass is 10.2. The summed E-state index contributed by atoms with van der Waals surface area (Å²) < 4.78 is 10.2. The molecule has 0 bridgehead atoms. The highest BCUT2D eigenvalue weighted by atomic mass is 16.6. The molecule has 1 unspecified atom stereocenters. The van der Waals surface area contributed by atoms with E-state index in [2.05, 4.69) is 16.0 Å². The standard InChI is InChI=1S/C20H32N4O5/c1-20(2,3)29-19(27)24-13-10-16(17(21)25)22-11-7-12-23-18(26)28-14-15-8-5-4-6-9-15/h4-6,8-9,16,22H,7,10-14H2,1-3H3,(H2,21,25)(H,23,26)(H,24,27). The largest absolute Gasteiger partial charge is 0.445 e. The number of benzene rings is 1. The molecule has 5 N–H and O–H groups in total. The molecule has 29 heavy (non-hydrogen) atoms. The predicted molar refractivity (Wildman–Crippen MR) is 109 cm³/mol. The predicted octanol–water partition coefficient (Wildman–Crippen LogP) is 1.66. The van der Waals surface area contributed by atoms with Crippen molar-refractivity contribution in [1.29, 1.82) is 0 Å². The maximum Gasteiger partial charge on any atom is 0.407 e. The van der Waals surface area contributed by atoms with E-state index in [-0.39, 0.29) is 13.2 Å². The van der Waals surface area contributed by atoms with Crippen molar-refractivity contribution in [3.05, 3.63) is 35.9 Å². The van der Waals surface area contributed by atoms with E-state index >= 15 is 0 Å². The first-order valence-electron chi connectivity index (χ1n) is 9.61. The number of carbonyl (C=O) groups is 3. The molecule has 162 valence electrons. The topological polar surface area (TPSA) is 132 Å². The zero-order valence-electron chi connectivity index (χ0n) is 17.3. The number of nitrogens with one attached hydrogen (secondary N) is 3. The Bertz CT molecular complexity index is 646. The summed E-state index contributed by atoms with van der Waals surface area (Å²) >= 11 is 0. The molecule has 3 amide bonds. The molecule has 1 rings (SSSR count). The van der Waals surface area contributed by atoms with Crippen molar-refractivity contribution in [3.63, 3.8) is 0 Å².